The van der Waals surface area contributed by atoms with E-state index in [-0.39, 0.29) is 0 Å². The second-order valence-electron chi connectivity index (χ2n) is 5.84. The van der Waals surface area contributed by atoms with Crippen LogP contribution in [-0.4, -0.2) is 31.4 Å². The standard InChI is InChI=1S/C18H19BrN2O.CH5N/c1-13-10-16(3-4-17(13)19)15-6-8-21(9-7-15)18-5-2-14(12-22)11-20-18;1-2/h2-5,10-12,15H,6-9H2,1H3;2H2,1H3. The SMILES string of the molecule is CN.Cc1cc(C2CCN(c3ccc(C=O)cn3)CC2)ccc1Br. The van der Waals surface area contributed by atoms with E-state index in [9.17, 15) is 4.79 Å². The van der Waals surface area contributed by atoms with Gasteiger partial charge in [0.2, 0.25) is 0 Å². The van der Waals surface area contributed by atoms with Crippen LogP contribution in [0.1, 0.15) is 40.2 Å². The number of benzene rings is 1. The molecule has 0 atom stereocenters. The van der Waals surface area contributed by atoms with E-state index in [2.05, 4.69) is 56.7 Å². The number of aldehydes is 1. The van der Waals surface area contributed by atoms with Crippen LogP contribution in [0.15, 0.2) is 41.0 Å². The minimum Gasteiger partial charge on any atom is -0.357 e. The summed E-state index contributed by atoms with van der Waals surface area (Å²) in [6, 6.07) is 10.4. The van der Waals surface area contributed by atoms with Crippen molar-refractivity contribution in [2.24, 2.45) is 5.73 Å². The lowest BCUT2D eigenvalue weighted by atomic mass is 9.89. The van der Waals surface area contributed by atoms with Gasteiger partial charge in [-0.3, -0.25) is 4.79 Å². The summed E-state index contributed by atoms with van der Waals surface area (Å²) in [4.78, 5) is 17.4. The highest BCUT2D eigenvalue weighted by atomic mass is 79.9. The van der Waals surface area contributed by atoms with Crippen LogP contribution >= 0.6 is 15.9 Å². The van der Waals surface area contributed by atoms with Crippen molar-refractivity contribution in [3.05, 3.63) is 57.7 Å². The van der Waals surface area contributed by atoms with Crippen LogP contribution in [0.25, 0.3) is 0 Å². The van der Waals surface area contributed by atoms with E-state index in [0.29, 0.717) is 11.5 Å². The summed E-state index contributed by atoms with van der Waals surface area (Å²) in [6.45, 7) is 4.15. The van der Waals surface area contributed by atoms with Crippen molar-refractivity contribution in [2.75, 3.05) is 25.0 Å². The quantitative estimate of drug-likeness (QED) is 0.807. The highest BCUT2D eigenvalue weighted by Crippen LogP contribution is 2.31. The number of hydrogen-bond donors (Lipinski definition) is 1. The number of pyridine rings is 1. The largest absolute Gasteiger partial charge is 0.357 e. The molecule has 2 heterocycles. The number of nitrogens with zero attached hydrogens (tertiary/aromatic N) is 2. The Kier molecular flexibility index (Phi) is 6.94. The molecule has 1 aliphatic heterocycles. The zero-order chi connectivity index (χ0) is 17.5. The van der Waals surface area contributed by atoms with E-state index in [1.165, 1.54) is 22.6 Å². The predicted molar refractivity (Wildman–Crippen MR) is 103 cm³/mol. The van der Waals surface area contributed by atoms with Crippen molar-refractivity contribution < 1.29 is 4.79 Å². The van der Waals surface area contributed by atoms with Gasteiger partial charge in [-0.25, -0.2) is 4.98 Å². The first-order valence-electron chi connectivity index (χ1n) is 8.17. The lowest BCUT2D eigenvalue weighted by Crippen LogP contribution is -2.33. The van der Waals surface area contributed by atoms with E-state index >= 15 is 0 Å². The molecule has 0 unspecified atom stereocenters. The van der Waals surface area contributed by atoms with Gasteiger partial charge in [0.1, 0.15) is 5.82 Å². The van der Waals surface area contributed by atoms with Crippen molar-refractivity contribution >= 4 is 28.0 Å². The number of nitrogens with two attached hydrogens (primary N) is 1. The van der Waals surface area contributed by atoms with Crippen molar-refractivity contribution in [3.63, 3.8) is 0 Å². The van der Waals surface area contributed by atoms with Gasteiger partial charge in [0.05, 0.1) is 0 Å². The Balaban J connectivity index is 0.00000100. The van der Waals surface area contributed by atoms with E-state index in [0.717, 1.165) is 38.0 Å². The molecule has 4 nitrogen and oxygen atoms in total. The van der Waals surface area contributed by atoms with Gasteiger partial charge in [0.15, 0.2) is 6.29 Å². The van der Waals surface area contributed by atoms with Crippen molar-refractivity contribution in [3.8, 4) is 0 Å². The Morgan fingerprint density at radius 3 is 2.46 bits per heavy atom. The highest BCUT2D eigenvalue weighted by molar-refractivity contribution is 9.10. The van der Waals surface area contributed by atoms with Crippen LogP contribution in [0, 0.1) is 6.92 Å². The Hall–Kier alpha value is -1.72. The summed E-state index contributed by atoms with van der Waals surface area (Å²) in [6.07, 6.45) is 4.75. The molecule has 0 amide bonds. The van der Waals surface area contributed by atoms with Crippen LogP contribution in [0.5, 0.6) is 0 Å². The summed E-state index contributed by atoms with van der Waals surface area (Å²) in [5.74, 6) is 1.59. The maximum Gasteiger partial charge on any atom is 0.151 e. The number of rotatable bonds is 3. The second kappa shape index (κ2) is 8.94. The fraction of sp³-hybridized carbons (Fsp3) is 0.368. The van der Waals surface area contributed by atoms with Gasteiger partial charge in [0.25, 0.3) is 0 Å². The smallest absolute Gasteiger partial charge is 0.151 e. The first kappa shape index (κ1) is 18.6. The lowest BCUT2D eigenvalue weighted by Gasteiger charge is -2.33. The van der Waals surface area contributed by atoms with Gasteiger partial charge in [0, 0.05) is 29.3 Å². The normalized spacial score (nSPS) is 14.8. The van der Waals surface area contributed by atoms with Crippen LogP contribution in [0.3, 0.4) is 0 Å². The minimum atomic E-state index is 0.622. The fourth-order valence-corrected chi connectivity index (χ4v) is 3.26. The molecule has 0 radical (unpaired) electrons. The summed E-state index contributed by atoms with van der Waals surface area (Å²) >= 11 is 3.56. The molecular weight excluding hydrogens is 366 g/mol. The summed E-state index contributed by atoms with van der Waals surface area (Å²) in [5, 5.41) is 0. The molecule has 0 bridgehead atoms. The lowest BCUT2D eigenvalue weighted by molar-refractivity contribution is 0.112. The molecule has 2 aromatic rings. The molecule has 24 heavy (non-hydrogen) atoms. The molecule has 1 aliphatic rings. The number of anilines is 1. The molecule has 0 saturated carbocycles. The summed E-state index contributed by atoms with van der Waals surface area (Å²) < 4.78 is 1.17. The van der Waals surface area contributed by atoms with Crippen LogP contribution in [-0.2, 0) is 0 Å². The van der Waals surface area contributed by atoms with Crippen LogP contribution in [0.4, 0.5) is 5.82 Å². The van der Waals surface area contributed by atoms with E-state index in [4.69, 9.17) is 0 Å². The maximum absolute atomic E-state index is 10.7. The third-order valence-corrected chi connectivity index (χ3v) is 5.27. The number of aryl methyl sites for hydroxylation is 1. The zero-order valence-corrected chi connectivity index (χ0v) is 15.8. The molecule has 1 saturated heterocycles. The minimum absolute atomic E-state index is 0.622. The topological polar surface area (TPSA) is 59.2 Å². The highest BCUT2D eigenvalue weighted by Gasteiger charge is 2.21. The fourth-order valence-electron chi connectivity index (χ4n) is 3.02. The van der Waals surface area contributed by atoms with Gasteiger partial charge in [-0.05, 0) is 62.1 Å². The Bertz CT molecular complexity index is 665. The Morgan fingerprint density at radius 2 is 1.92 bits per heavy atom. The molecule has 0 aliphatic carbocycles. The van der Waals surface area contributed by atoms with Gasteiger partial charge in [-0.2, -0.15) is 0 Å². The Labute approximate surface area is 152 Å². The molecule has 128 valence electrons. The van der Waals surface area contributed by atoms with Gasteiger partial charge >= 0.3 is 0 Å². The van der Waals surface area contributed by atoms with Crippen LogP contribution < -0.4 is 10.6 Å². The molecule has 3 rings (SSSR count). The number of halogens is 1. The maximum atomic E-state index is 10.7. The third-order valence-electron chi connectivity index (χ3n) is 4.38. The molecule has 1 aromatic carbocycles. The Morgan fingerprint density at radius 1 is 1.21 bits per heavy atom. The third kappa shape index (κ3) is 4.42. The number of aromatic nitrogens is 1. The average molecular weight is 390 g/mol. The van der Waals surface area contributed by atoms with E-state index in [1.54, 1.807) is 6.20 Å². The second-order valence-corrected chi connectivity index (χ2v) is 6.69. The summed E-state index contributed by atoms with van der Waals surface area (Å²) in [7, 11) is 1.50. The molecule has 1 fully saturated rings. The molecule has 5 heteroatoms. The van der Waals surface area contributed by atoms with Crippen LogP contribution in [0.2, 0.25) is 0 Å². The van der Waals surface area contributed by atoms with Gasteiger partial charge < -0.3 is 10.6 Å². The predicted octanol–water partition coefficient (Wildman–Crippen LogP) is 3.92. The summed E-state index contributed by atoms with van der Waals surface area (Å²) in [5.41, 5.74) is 7.86. The van der Waals surface area contributed by atoms with Gasteiger partial charge in [-0.15, -0.1) is 0 Å². The van der Waals surface area contributed by atoms with E-state index in [1.807, 2.05) is 12.1 Å². The number of hydrogen-bond acceptors (Lipinski definition) is 4. The molecule has 1 aromatic heterocycles. The molecule has 0 spiro atoms. The zero-order valence-electron chi connectivity index (χ0n) is 14.2. The van der Waals surface area contributed by atoms with Crippen molar-refractivity contribution in [1.82, 2.24) is 4.98 Å². The monoisotopic (exact) mass is 389 g/mol. The van der Waals surface area contributed by atoms with Gasteiger partial charge in [-0.1, -0.05) is 28.1 Å². The molecular formula is C19H24BrN3O. The number of carbonyl (C=O) groups excluding carboxylic acids is 1. The number of piperidine rings is 1. The first-order chi connectivity index (χ1) is 11.7. The average Bonchev–Trinajstić information content (AvgIpc) is 2.66. The van der Waals surface area contributed by atoms with Crippen molar-refractivity contribution in [1.29, 1.82) is 0 Å². The van der Waals surface area contributed by atoms with Crippen molar-refractivity contribution in [2.45, 2.75) is 25.7 Å². The number of carbonyl (C=O) groups is 1. The first-order valence-corrected chi connectivity index (χ1v) is 8.96. The molecule has 2 N–H and O–H groups in total. The van der Waals surface area contributed by atoms with E-state index < -0.39 is 0 Å².